The fourth-order valence-corrected chi connectivity index (χ4v) is 3.92. The zero-order valence-corrected chi connectivity index (χ0v) is 10.2. The number of methoxy groups -OCH3 is 1. The lowest BCUT2D eigenvalue weighted by Crippen LogP contribution is -2.45. The van der Waals surface area contributed by atoms with Gasteiger partial charge in [0.15, 0.2) is 0 Å². The topological polar surface area (TPSA) is 61.8 Å². The smallest absolute Gasteiger partial charge is 0.330 e. The van der Waals surface area contributed by atoms with Gasteiger partial charge in [-0.25, -0.2) is 4.79 Å². The third-order valence-electron chi connectivity index (χ3n) is 4.57. The van der Waals surface area contributed by atoms with Crippen molar-refractivity contribution >= 4 is 11.9 Å². The highest BCUT2D eigenvalue weighted by Crippen LogP contribution is 2.56. The van der Waals surface area contributed by atoms with Crippen LogP contribution in [0.3, 0.4) is 0 Å². The summed E-state index contributed by atoms with van der Waals surface area (Å²) in [4.78, 5) is 23.1. The van der Waals surface area contributed by atoms with Crippen LogP contribution in [0.15, 0.2) is 12.7 Å². The molecule has 1 saturated heterocycles. The Balaban J connectivity index is 1.84. The summed E-state index contributed by atoms with van der Waals surface area (Å²) in [7, 11) is 1.62. The molecule has 6 atom stereocenters. The monoisotopic (exact) mass is 252 g/mol. The molecular formula is C13H16O5. The van der Waals surface area contributed by atoms with E-state index in [1.807, 2.05) is 0 Å². The predicted molar refractivity (Wildman–Crippen MR) is 60.4 cm³/mol. The van der Waals surface area contributed by atoms with E-state index < -0.39 is 5.97 Å². The Morgan fingerprint density at radius 1 is 1.39 bits per heavy atom. The average molecular weight is 252 g/mol. The van der Waals surface area contributed by atoms with Crippen molar-refractivity contribution in [3.8, 4) is 0 Å². The summed E-state index contributed by atoms with van der Waals surface area (Å²) in [6.07, 6.45) is 1.54. The summed E-state index contributed by atoms with van der Waals surface area (Å²) < 4.78 is 16.0. The molecule has 98 valence electrons. The van der Waals surface area contributed by atoms with Gasteiger partial charge < -0.3 is 14.2 Å². The third-order valence-corrected chi connectivity index (χ3v) is 4.57. The second-order valence-corrected chi connectivity index (χ2v) is 5.19. The van der Waals surface area contributed by atoms with Crippen LogP contribution >= 0.6 is 0 Å². The van der Waals surface area contributed by atoms with Crippen molar-refractivity contribution in [1.82, 2.24) is 0 Å². The first kappa shape index (κ1) is 11.7. The molecule has 5 nitrogen and oxygen atoms in total. The molecule has 3 fully saturated rings. The molecule has 3 aliphatic rings. The van der Waals surface area contributed by atoms with E-state index in [4.69, 9.17) is 14.2 Å². The van der Waals surface area contributed by atoms with Crippen LogP contribution in [-0.4, -0.2) is 37.9 Å². The number of carbonyl (C=O) groups excluding carboxylic acids is 2. The molecule has 0 aromatic heterocycles. The van der Waals surface area contributed by atoms with E-state index in [9.17, 15) is 9.59 Å². The van der Waals surface area contributed by atoms with Gasteiger partial charge in [-0.1, -0.05) is 6.58 Å². The Bertz CT molecular complexity index is 404. The van der Waals surface area contributed by atoms with Gasteiger partial charge in [0.05, 0.1) is 18.6 Å². The second kappa shape index (κ2) is 4.09. The summed E-state index contributed by atoms with van der Waals surface area (Å²) in [5.41, 5.74) is 0. The minimum absolute atomic E-state index is 0.0313. The molecule has 6 unspecified atom stereocenters. The number of hydrogen-bond donors (Lipinski definition) is 0. The summed E-state index contributed by atoms with van der Waals surface area (Å²) >= 11 is 0. The highest BCUT2D eigenvalue weighted by molar-refractivity contribution is 5.81. The molecule has 0 radical (unpaired) electrons. The number of esters is 2. The largest absolute Gasteiger partial charge is 0.465 e. The lowest BCUT2D eigenvalue weighted by Gasteiger charge is -2.34. The van der Waals surface area contributed by atoms with Crippen molar-refractivity contribution in [3.63, 3.8) is 0 Å². The molecule has 1 aliphatic heterocycles. The van der Waals surface area contributed by atoms with Gasteiger partial charge in [-0.2, -0.15) is 0 Å². The molecule has 2 saturated carbocycles. The van der Waals surface area contributed by atoms with Crippen LogP contribution in [-0.2, 0) is 23.8 Å². The molecular weight excluding hydrogens is 236 g/mol. The van der Waals surface area contributed by atoms with E-state index in [0.29, 0.717) is 6.61 Å². The molecule has 2 bridgehead atoms. The zero-order chi connectivity index (χ0) is 12.9. The molecule has 0 amide bonds. The predicted octanol–water partition coefficient (Wildman–Crippen LogP) is 0.538. The SMILES string of the molecule is C=CC(=O)OC1C2CC(C3COC(=O)C32)C1OC. The van der Waals surface area contributed by atoms with Gasteiger partial charge in [0.1, 0.15) is 6.10 Å². The first-order valence-corrected chi connectivity index (χ1v) is 6.20. The molecule has 0 aromatic carbocycles. The van der Waals surface area contributed by atoms with E-state index in [-0.39, 0.29) is 41.8 Å². The molecule has 18 heavy (non-hydrogen) atoms. The van der Waals surface area contributed by atoms with Crippen LogP contribution in [0.4, 0.5) is 0 Å². The van der Waals surface area contributed by atoms with Crippen molar-refractivity contribution in [2.75, 3.05) is 13.7 Å². The molecule has 2 aliphatic carbocycles. The lowest BCUT2D eigenvalue weighted by molar-refractivity contribution is -0.161. The van der Waals surface area contributed by atoms with Crippen LogP contribution in [0, 0.1) is 23.7 Å². The number of cyclic esters (lactones) is 1. The molecule has 0 aromatic rings. The summed E-state index contributed by atoms with van der Waals surface area (Å²) in [6.45, 7) is 3.87. The van der Waals surface area contributed by atoms with Gasteiger partial charge in [0, 0.05) is 25.0 Å². The maximum atomic E-state index is 11.7. The van der Waals surface area contributed by atoms with Crippen molar-refractivity contribution in [2.24, 2.45) is 23.7 Å². The van der Waals surface area contributed by atoms with E-state index in [1.165, 1.54) is 0 Å². The first-order chi connectivity index (χ1) is 8.67. The number of carbonyl (C=O) groups is 2. The standard InChI is InChI=1S/C13H16O5/c1-3-9(14)18-12-7-4-6(11(12)16-2)8-5-17-13(15)10(7)8/h3,6-8,10-12H,1,4-5H2,2H3. The highest BCUT2D eigenvalue weighted by Gasteiger charge is 2.64. The van der Waals surface area contributed by atoms with Gasteiger partial charge >= 0.3 is 11.9 Å². The van der Waals surface area contributed by atoms with E-state index in [1.54, 1.807) is 7.11 Å². The van der Waals surface area contributed by atoms with Crippen molar-refractivity contribution < 1.29 is 23.8 Å². The molecule has 1 heterocycles. The Morgan fingerprint density at radius 2 is 2.17 bits per heavy atom. The van der Waals surface area contributed by atoms with Crippen molar-refractivity contribution in [1.29, 1.82) is 0 Å². The van der Waals surface area contributed by atoms with Crippen LogP contribution in [0.5, 0.6) is 0 Å². The molecule has 5 heteroatoms. The minimum atomic E-state index is -0.461. The summed E-state index contributed by atoms with van der Waals surface area (Å²) in [5, 5.41) is 0. The van der Waals surface area contributed by atoms with Crippen LogP contribution < -0.4 is 0 Å². The molecule has 0 N–H and O–H groups in total. The number of hydrogen-bond acceptors (Lipinski definition) is 5. The van der Waals surface area contributed by atoms with Gasteiger partial charge in [-0.05, 0) is 12.3 Å². The maximum absolute atomic E-state index is 11.7. The number of ether oxygens (including phenoxy) is 3. The quantitative estimate of drug-likeness (QED) is 0.542. The number of fused-ring (bicyclic) bond motifs is 5. The minimum Gasteiger partial charge on any atom is -0.465 e. The Kier molecular flexibility index (Phi) is 2.66. The summed E-state index contributed by atoms with van der Waals surface area (Å²) in [6, 6.07) is 0. The Hall–Kier alpha value is -1.36. The van der Waals surface area contributed by atoms with Crippen LogP contribution in [0.25, 0.3) is 0 Å². The summed E-state index contributed by atoms with van der Waals surface area (Å²) in [5.74, 6) is -0.225. The van der Waals surface area contributed by atoms with Crippen molar-refractivity contribution in [3.05, 3.63) is 12.7 Å². The Morgan fingerprint density at radius 3 is 2.83 bits per heavy atom. The van der Waals surface area contributed by atoms with Gasteiger partial charge in [-0.15, -0.1) is 0 Å². The second-order valence-electron chi connectivity index (χ2n) is 5.19. The average Bonchev–Trinajstić information content (AvgIpc) is 3.00. The lowest BCUT2D eigenvalue weighted by atomic mass is 9.78. The van der Waals surface area contributed by atoms with E-state index in [0.717, 1.165) is 12.5 Å². The Labute approximate surface area is 105 Å². The fraction of sp³-hybridized carbons (Fsp3) is 0.692. The maximum Gasteiger partial charge on any atom is 0.330 e. The zero-order valence-electron chi connectivity index (χ0n) is 10.2. The number of rotatable bonds is 3. The molecule has 0 spiro atoms. The van der Waals surface area contributed by atoms with E-state index in [2.05, 4.69) is 6.58 Å². The highest BCUT2D eigenvalue weighted by atomic mass is 16.6. The normalized spacial score (nSPS) is 44.6. The first-order valence-electron chi connectivity index (χ1n) is 6.20. The van der Waals surface area contributed by atoms with E-state index >= 15 is 0 Å². The third kappa shape index (κ3) is 1.43. The van der Waals surface area contributed by atoms with Gasteiger partial charge in [0.25, 0.3) is 0 Å². The van der Waals surface area contributed by atoms with Gasteiger partial charge in [0.2, 0.25) is 0 Å². The van der Waals surface area contributed by atoms with Crippen LogP contribution in [0.2, 0.25) is 0 Å². The van der Waals surface area contributed by atoms with Crippen LogP contribution in [0.1, 0.15) is 6.42 Å². The fourth-order valence-electron chi connectivity index (χ4n) is 3.92. The molecule has 3 rings (SSSR count). The van der Waals surface area contributed by atoms with Gasteiger partial charge in [-0.3, -0.25) is 4.79 Å². The van der Waals surface area contributed by atoms with Crippen molar-refractivity contribution in [2.45, 2.75) is 18.6 Å².